The summed E-state index contributed by atoms with van der Waals surface area (Å²) in [7, 11) is 0. The van der Waals surface area contributed by atoms with Crippen LogP contribution in [-0.2, 0) is 6.42 Å². The second-order valence-electron chi connectivity index (χ2n) is 5.64. The topological polar surface area (TPSA) is 43.6 Å². The average molecular weight is 332 g/mol. The van der Waals surface area contributed by atoms with E-state index in [1.807, 2.05) is 31.3 Å². The molecule has 5 heteroatoms. The maximum atomic E-state index is 4.77. The first kappa shape index (κ1) is 14.8. The third-order valence-electron chi connectivity index (χ3n) is 3.79. The Kier molecular flexibility index (Phi) is 3.92. The van der Waals surface area contributed by atoms with Crippen molar-refractivity contribution >= 4 is 11.3 Å². The predicted octanol–water partition coefficient (Wildman–Crippen LogP) is 4.29. The minimum absolute atomic E-state index is 0.877. The van der Waals surface area contributed by atoms with E-state index in [0.717, 1.165) is 34.1 Å². The molecule has 0 fully saturated rings. The van der Waals surface area contributed by atoms with E-state index in [0.29, 0.717) is 0 Å². The fraction of sp³-hybridized carbons (Fsp3) is 0.105. The number of aryl methyl sites for hydroxylation is 1. The summed E-state index contributed by atoms with van der Waals surface area (Å²) >= 11 is 1.70. The number of thiazole rings is 1. The summed E-state index contributed by atoms with van der Waals surface area (Å²) in [5.74, 6) is 0. The lowest BCUT2D eigenvalue weighted by Crippen LogP contribution is -1.94. The molecule has 0 bridgehead atoms. The monoisotopic (exact) mass is 332 g/mol. The maximum absolute atomic E-state index is 4.77. The molecular formula is C19H16N4S. The van der Waals surface area contributed by atoms with Gasteiger partial charge in [-0.15, -0.1) is 16.4 Å². The van der Waals surface area contributed by atoms with Crippen molar-refractivity contribution in [3.8, 4) is 16.9 Å². The normalized spacial score (nSPS) is 10.9. The van der Waals surface area contributed by atoms with Crippen molar-refractivity contribution in [1.82, 2.24) is 20.0 Å². The van der Waals surface area contributed by atoms with E-state index in [-0.39, 0.29) is 0 Å². The van der Waals surface area contributed by atoms with E-state index in [2.05, 4.69) is 52.1 Å². The summed E-state index contributed by atoms with van der Waals surface area (Å²) in [4.78, 5) is 4.77. The Balaban J connectivity index is 1.54. The molecule has 118 valence electrons. The van der Waals surface area contributed by atoms with E-state index in [4.69, 9.17) is 4.98 Å². The summed E-state index contributed by atoms with van der Waals surface area (Å²) < 4.78 is 1.78. The van der Waals surface area contributed by atoms with Crippen LogP contribution in [0.15, 0.2) is 66.2 Å². The molecule has 4 aromatic rings. The van der Waals surface area contributed by atoms with Crippen molar-refractivity contribution in [3.63, 3.8) is 0 Å². The number of aromatic nitrogens is 4. The molecule has 0 aliphatic carbocycles. The van der Waals surface area contributed by atoms with Crippen LogP contribution in [0.1, 0.15) is 16.3 Å². The SMILES string of the molecule is Cc1cn(-c2ccc(-c3csc(Cc4ccccc4)n3)cc2)nn1. The highest BCUT2D eigenvalue weighted by molar-refractivity contribution is 7.10. The van der Waals surface area contributed by atoms with E-state index >= 15 is 0 Å². The molecule has 0 aliphatic heterocycles. The molecule has 4 rings (SSSR count). The summed E-state index contributed by atoms with van der Waals surface area (Å²) in [6.07, 6.45) is 2.79. The number of hydrogen-bond donors (Lipinski definition) is 0. The first-order valence-electron chi connectivity index (χ1n) is 7.76. The van der Waals surface area contributed by atoms with Crippen molar-refractivity contribution in [3.05, 3.63) is 82.4 Å². The minimum atomic E-state index is 0.877. The van der Waals surface area contributed by atoms with Gasteiger partial charge in [-0.3, -0.25) is 0 Å². The maximum Gasteiger partial charge on any atom is 0.0976 e. The molecule has 0 N–H and O–H groups in total. The average Bonchev–Trinajstić information content (AvgIpc) is 3.25. The molecular weight excluding hydrogens is 316 g/mol. The van der Waals surface area contributed by atoms with Gasteiger partial charge in [-0.2, -0.15) is 0 Å². The van der Waals surface area contributed by atoms with Crippen LogP contribution in [0.4, 0.5) is 0 Å². The summed E-state index contributed by atoms with van der Waals surface area (Å²) in [5.41, 5.74) is 5.33. The minimum Gasteiger partial charge on any atom is -0.241 e. The fourth-order valence-electron chi connectivity index (χ4n) is 2.55. The van der Waals surface area contributed by atoms with Crippen molar-refractivity contribution in [2.24, 2.45) is 0 Å². The number of hydrogen-bond acceptors (Lipinski definition) is 4. The fourth-order valence-corrected chi connectivity index (χ4v) is 3.39. The van der Waals surface area contributed by atoms with E-state index in [1.165, 1.54) is 5.56 Å². The summed E-state index contributed by atoms with van der Waals surface area (Å²) in [5, 5.41) is 11.4. The Bertz CT molecular complexity index is 939. The summed E-state index contributed by atoms with van der Waals surface area (Å²) in [6, 6.07) is 18.7. The lowest BCUT2D eigenvalue weighted by molar-refractivity contribution is 0.801. The highest BCUT2D eigenvalue weighted by atomic mass is 32.1. The zero-order valence-corrected chi connectivity index (χ0v) is 14.1. The van der Waals surface area contributed by atoms with Crippen LogP contribution in [0, 0.1) is 6.92 Å². The second-order valence-corrected chi connectivity index (χ2v) is 6.58. The Morgan fingerprint density at radius 1 is 1.00 bits per heavy atom. The first-order chi connectivity index (χ1) is 11.8. The number of nitrogens with zero attached hydrogens (tertiary/aromatic N) is 4. The number of rotatable bonds is 4. The van der Waals surface area contributed by atoms with Crippen LogP contribution in [0.25, 0.3) is 16.9 Å². The predicted molar refractivity (Wildman–Crippen MR) is 96.5 cm³/mol. The third-order valence-corrected chi connectivity index (χ3v) is 4.63. The van der Waals surface area contributed by atoms with Gasteiger partial charge in [0.25, 0.3) is 0 Å². The molecule has 0 spiro atoms. The zero-order valence-electron chi connectivity index (χ0n) is 13.3. The second kappa shape index (κ2) is 6.37. The van der Waals surface area contributed by atoms with Crippen molar-refractivity contribution in [1.29, 1.82) is 0 Å². The lowest BCUT2D eigenvalue weighted by Gasteiger charge is -2.01. The molecule has 0 saturated heterocycles. The van der Waals surface area contributed by atoms with Gasteiger partial charge in [0.15, 0.2) is 0 Å². The van der Waals surface area contributed by atoms with Crippen LogP contribution < -0.4 is 0 Å². The van der Waals surface area contributed by atoms with Crippen LogP contribution >= 0.6 is 11.3 Å². The van der Waals surface area contributed by atoms with Gasteiger partial charge in [0.1, 0.15) is 0 Å². The molecule has 24 heavy (non-hydrogen) atoms. The molecule has 2 aromatic heterocycles. The van der Waals surface area contributed by atoms with Crippen molar-refractivity contribution < 1.29 is 0 Å². The Morgan fingerprint density at radius 3 is 2.50 bits per heavy atom. The van der Waals surface area contributed by atoms with Gasteiger partial charge in [0.2, 0.25) is 0 Å². The van der Waals surface area contributed by atoms with Gasteiger partial charge >= 0.3 is 0 Å². The lowest BCUT2D eigenvalue weighted by atomic mass is 10.1. The molecule has 4 nitrogen and oxygen atoms in total. The molecule has 0 aliphatic rings. The molecule has 0 amide bonds. The van der Waals surface area contributed by atoms with E-state index in [9.17, 15) is 0 Å². The molecule has 0 saturated carbocycles. The Hall–Kier alpha value is -2.79. The first-order valence-corrected chi connectivity index (χ1v) is 8.64. The van der Waals surface area contributed by atoms with E-state index < -0.39 is 0 Å². The molecule has 2 heterocycles. The largest absolute Gasteiger partial charge is 0.241 e. The molecule has 0 radical (unpaired) electrons. The van der Waals surface area contributed by atoms with Crippen LogP contribution in [0.2, 0.25) is 0 Å². The van der Waals surface area contributed by atoms with Gasteiger partial charge in [-0.05, 0) is 24.6 Å². The van der Waals surface area contributed by atoms with Crippen LogP contribution in [-0.4, -0.2) is 20.0 Å². The van der Waals surface area contributed by atoms with Gasteiger partial charge < -0.3 is 0 Å². The van der Waals surface area contributed by atoms with Crippen molar-refractivity contribution in [2.45, 2.75) is 13.3 Å². The van der Waals surface area contributed by atoms with Gasteiger partial charge in [-0.1, -0.05) is 47.7 Å². The van der Waals surface area contributed by atoms with E-state index in [1.54, 1.807) is 16.0 Å². The quantitative estimate of drug-likeness (QED) is 0.560. The van der Waals surface area contributed by atoms with Gasteiger partial charge in [0, 0.05) is 17.4 Å². The molecule has 0 unspecified atom stereocenters. The smallest absolute Gasteiger partial charge is 0.0976 e. The third kappa shape index (κ3) is 3.12. The number of benzene rings is 2. The Labute approximate surface area is 144 Å². The van der Waals surface area contributed by atoms with Crippen LogP contribution in [0.3, 0.4) is 0 Å². The summed E-state index contributed by atoms with van der Waals surface area (Å²) in [6.45, 7) is 1.93. The van der Waals surface area contributed by atoms with Crippen molar-refractivity contribution in [2.75, 3.05) is 0 Å². The van der Waals surface area contributed by atoms with Gasteiger partial charge in [-0.25, -0.2) is 9.67 Å². The van der Waals surface area contributed by atoms with Gasteiger partial charge in [0.05, 0.1) is 28.3 Å². The zero-order chi connectivity index (χ0) is 16.4. The molecule has 0 atom stereocenters. The highest BCUT2D eigenvalue weighted by Crippen LogP contribution is 2.24. The highest BCUT2D eigenvalue weighted by Gasteiger charge is 2.06. The Morgan fingerprint density at radius 2 is 1.79 bits per heavy atom. The van der Waals surface area contributed by atoms with Crippen LogP contribution in [0.5, 0.6) is 0 Å². The standard InChI is InChI=1S/C19H16N4S/c1-14-12-23(22-21-14)17-9-7-16(8-10-17)18-13-24-19(20-18)11-15-5-3-2-4-6-15/h2-10,12-13H,11H2,1H3. The molecule has 2 aromatic carbocycles.